The van der Waals surface area contributed by atoms with Gasteiger partial charge in [-0.05, 0) is 42.7 Å². The van der Waals surface area contributed by atoms with Gasteiger partial charge in [0.15, 0.2) is 5.82 Å². The van der Waals surface area contributed by atoms with Crippen molar-refractivity contribution in [2.45, 2.75) is 43.2 Å². The molecule has 0 aliphatic carbocycles. The van der Waals surface area contributed by atoms with Crippen LogP contribution in [0.15, 0.2) is 30.6 Å². The molecule has 1 aromatic carbocycles. The first-order valence-corrected chi connectivity index (χ1v) is 10.9. The summed E-state index contributed by atoms with van der Waals surface area (Å²) in [5.41, 5.74) is 2.11. The summed E-state index contributed by atoms with van der Waals surface area (Å²) in [5.74, 6) is -1.96. The molecule has 1 aliphatic heterocycles. The molecule has 184 valence electrons. The van der Waals surface area contributed by atoms with Crippen LogP contribution in [0, 0.1) is 11.3 Å². The molecule has 3 heterocycles. The van der Waals surface area contributed by atoms with Crippen molar-refractivity contribution in [3.8, 4) is 17.3 Å². The Morgan fingerprint density at radius 2 is 1.76 bits per heavy atom. The normalized spacial score (nSPS) is 18.4. The fraction of sp³-hybridized carbons (Fsp3) is 0.318. The summed E-state index contributed by atoms with van der Waals surface area (Å²) < 4.78 is 42.4. The first-order chi connectivity index (χ1) is 17.4. The number of hydrogen-bond acceptors (Lipinski definition) is 6. The lowest BCUT2D eigenvalue weighted by atomic mass is 9.35. The molecule has 16 heteroatoms. The Balaban J connectivity index is 2.01. The van der Waals surface area contributed by atoms with E-state index in [9.17, 15) is 28.0 Å². The molecule has 1 saturated heterocycles. The lowest BCUT2D eigenvalue weighted by Gasteiger charge is -2.65. The maximum Gasteiger partial charge on any atom is 0.418 e. The Morgan fingerprint density at radius 1 is 1.13 bits per heavy atom. The molecule has 0 unspecified atom stereocenters. The molecule has 2 aromatic heterocycles. The summed E-state index contributed by atoms with van der Waals surface area (Å²) in [7, 11) is 25.1. The molecule has 2 N–H and O–H groups in total. The van der Waals surface area contributed by atoms with E-state index in [0.29, 0.717) is 0 Å². The molecule has 1 fully saturated rings. The Hall–Kier alpha value is -3.88. The van der Waals surface area contributed by atoms with E-state index in [0.717, 1.165) is 33.6 Å². The van der Waals surface area contributed by atoms with Crippen molar-refractivity contribution in [1.29, 1.82) is 5.26 Å². The number of nitrogen functional groups attached to an aromatic ring is 1. The first-order valence-electron chi connectivity index (χ1n) is 10.9. The Kier molecular flexibility index (Phi) is 5.94. The number of benzene rings is 1. The number of hydrogen-bond donors (Lipinski definition) is 1. The lowest BCUT2D eigenvalue weighted by molar-refractivity contribution is -0.150. The van der Waals surface area contributed by atoms with Gasteiger partial charge in [0.2, 0.25) is 5.91 Å². The van der Waals surface area contributed by atoms with Gasteiger partial charge in [0, 0.05) is 12.5 Å². The van der Waals surface area contributed by atoms with Crippen LogP contribution in [-0.4, -0.2) is 78.9 Å². The highest BCUT2D eigenvalue weighted by molar-refractivity contribution is 6.58. The molecule has 3 aromatic rings. The first kappa shape index (κ1) is 27.2. The lowest BCUT2D eigenvalue weighted by Crippen LogP contribution is -2.85. The zero-order valence-corrected chi connectivity index (χ0v) is 20.4. The molecule has 4 rings (SSSR count). The van der Waals surface area contributed by atoms with E-state index in [1.807, 2.05) is 6.07 Å². The molecule has 0 spiro atoms. The van der Waals surface area contributed by atoms with Gasteiger partial charge in [0.05, 0.1) is 53.9 Å². The van der Waals surface area contributed by atoms with Crippen LogP contribution in [-0.2, 0) is 15.8 Å². The molecule has 0 saturated carbocycles. The van der Waals surface area contributed by atoms with Crippen LogP contribution in [0.5, 0.6) is 0 Å². The van der Waals surface area contributed by atoms with Crippen molar-refractivity contribution in [1.82, 2.24) is 19.5 Å². The predicted octanol–water partition coefficient (Wildman–Crippen LogP) is 0.824. The summed E-state index contributed by atoms with van der Waals surface area (Å²) in [4.78, 5) is 31.4. The van der Waals surface area contributed by atoms with Crippen LogP contribution in [0.2, 0.25) is 0 Å². The number of nitrogens with zero attached hydrogens (tertiary/aromatic N) is 6. The van der Waals surface area contributed by atoms with Gasteiger partial charge < -0.3 is 15.5 Å². The minimum atomic E-state index is -4.80. The molecule has 9 nitrogen and oxygen atoms in total. The number of piperazine rings is 1. The third kappa shape index (κ3) is 3.67. The number of nitriles is 1. The van der Waals surface area contributed by atoms with Crippen LogP contribution in [0.4, 0.5) is 24.7 Å². The second kappa shape index (κ2) is 8.31. The zero-order chi connectivity index (χ0) is 28.6. The van der Waals surface area contributed by atoms with Crippen molar-refractivity contribution < 1.29 is 22.8 Å². The fourth-order valence-electron chi connectivity index (χ4n) is 4.78. The Labute approximate surface area is 220 Å². The van der Waals surface area contributed by atoms with Gasteiger partial charge >= 0.3 is 6.18 Å². The average Bonchev–Trinajstić information content (AvgIpc) is 3.19. The monoisotopic (exact) mass is 511 g/mol. The summed E-state index contributed by atoms with van der Waals surface area (Å²) in [6.07, 6.45) is -3.82. The van der Waals surface area contributed by atoms with E-state index in [2.05, 4.69) is 10.1 Å². The van der Waals surface area contributed by atoms with Crippen LogP contribution in [0.3, 0.4) is 0 Å². The molecule has 2 amide bonds. The number of anilines is 2. The van der Waals surface area contributed by atoms with Gasteiger partial charge in [-0.3, -0.25) is 9.59 Å². The highest BCUT2D eigenvalue weighted by Gasteiger charge is 2.59. The molecule has 0 bridgehead atoms. The minimum absolute atomic E-state index is 0.0812. The van der Waals surface area contributed by atoms with Crippen LogP contribution >= 0.6 is 0 Å². The SMILES string of the molecule is [B]C1([B])N(c2cc(-c3cc(C(F)(F)F)c4c(N)ncnn34)ccc2C#N)C(=O)C(C)(C)N(C(C)=O)C1([B])[B]. The van der Waals surface area contributed by atoms with E-state index < -0.39 is 51.1 Å². The molecule has 0 atom stereocenters. The molecule has 38 heavy (non-hydrogen) atoms. The summed E-state index contributed by atoms with van der Waals surface area (Å²) >= 11 is 0. The van der Waals surface area contributed by atoms with Crippen molar-refractivity contribution in [2.24, 2.45) is 0 Å². The Morgan fingerprint density at radius 3 is 2.32 bits per heavy atom. The quantitative estimate of drug-likeness (QED) is 0.510. The third-order valence-corrected chi connectivity index (χ3v) is 6.52. The number of amides is 2. The van der Waals surface area contributed by atoms with Gasteiger partial charge in [-0.15, -0.1) is 0 Å². The number of halogens is 3. The van der Waals surface area contributed by atoms with Crippen LogP contribution in [0.25, 0.3) is 16.8 Å². The summed E-state index contributed by atoms with van der Waals surface area (Å²) in [6, 6.07) is 6.52. The zero-order valence-electron chi connectivity index (χ0n) is 20.4. The largest absolute Gasteiger partial charge is 0.418 e. The van der Waals surface area contributed by atoms with Crippen molar-refractivity contribution in [3.63, 3.8) is 0 Å². The van der Waals surface area contributed by atoms with Crippen molar-refractivity contribution in [3.05, 3.63) is 41.7 Å². The Bertz CT molecular complexity index is 1550. The minimum Gasteiger partial charge on any atom is -0.382 e. The molecule has 8 radical (unpaired) electrons. The van der Waals surface area contributed by atoms with Gasteiger partial charge in [0.25, 0.3) is 5.91 Å². The highest BCUT2D eigenvalue weighted by atomic mass is 19.4. The topological polar surface area (TPSA) is 121 Å². The smallest absolute Gasteiger partial charge is 0.382 e. The number of nitrogens with two attached hydrogens (primary N) is 1. The van der Waals surface area contributed by atoms with Gasteiger partial charge in [-0.2, -0.15) is 23.5 Å². The van der Waals surface area contributed by atoms with Gasteiger partial charge in [0.1, 0.15) is 23.5 Å². The highest BCUT2D eigenvalue weighted by Crippen LogP contribution is 2.44. The maximum atomic E-state index is 13.8. The molecular weight excluding hydrogens is 495 g/mol. The standard InChI is InChI=1S/C22H16B4F3N7O2/c1-10(37)36-19(2,3)18(38)34(21(23,24)22(36,25)26)14-6-11(4-5-12(14)8-30)15-7-13(20(27,28)29)16-17(31)32-9-33-35(15)16/h4-7,9H,1-3H3,(H2,31,32,33). The molecular formula is C22H16B4F3N7O2. The van der Waals surface area contributed by atoms with Crippen LogP contribution < -0.4 is 10.6 Å². The average molecular weight is 511 g/mol. The van der Waals surface area contributed by atoms with E-state index >= 15 is 0 Å². The molecule has 1 aliphatic rings. The van der Waals surface area contributed by atoms with E-state index in [1.165, 1.54) is 32.0 Å². The second-order valence-corrected chi connectivity index (χ2v) is 9.40. The predicted molar refractivity (Wildman–Crippen MR) is 135 cm³/mol. The van der Waals surface area contributed by atoms with E-state index in [-0.39, 0.29) is 22.5 Å². The number of carbonyl (C=O) groups excluding carboxylic acids is 2. The number of fused-ring (bicyclic) bond motifs is 1. The number of carbonyl (C=O) groups is 2. The maximum absolute atomic E-state index is 13.8. The second-order valence-electron chi connectivity index (χ2n) is 9.40. The van der Waals surface area contributed by atoms with Crippen molar-refractivity contribution in [2.75, 3.05) is 10.6 Å². The van der Waals surface area contributed by atoms with Gasteiger partial charge in [-0.1, -0.05) is 6.07 Å². The van der Waals surface area contributed by atoms with Crippen molar-refractivity contribution >= 4 is 60.2 Å². The van der Waals surface area contributed by atoms with E-state index in [4.69, 9.17) is 37.1 Å². The van der Waals surface area contributed by atoms with Gasteiger partial charge in [-0.25, -0.2) is 9.50 Å². The van der Waals surface area contributed by atoms with E-state index in [1.54, 1.807) is 0 Å². The summed E-state index contributed by atoms with van der Waals surface area (Å²) in [6.45, 7) is 3.85. The third-order valence-electron chi connectivity index (χ3n) is 6.52. The number of rotatable bonds is 2. The number of aromatic nitrogens is 3. The number of alkyl halides is 3. The summed E-state index contributed by atoms with van der Waals surface area (Å²) in [5, 5.41) is 8.89. The van der Waals surface area contributed by atoms with Crippen LogP contribution in [0.1, 0.15) is 31.9 Å². The fourth-order valence-corrected chi connectivity index (χ4v) is 4.78.